The zero-order valence-electron chi connectivity index (χ0n) is 29.8. The Labute approximate surface area is 281 Å². The van der Waals surface area contributed by atoms with Gasteiger partial charge in [-0.2, -0.15) is 0 Å². The molecule has 1 aromatic carbocycles. The van der Waals surface area contributed by atoms with Gasteiger partial charge in [-0.05, 0) is 88.1 Å². The third-order valence-corrected chi connectivity index (χ3v) is 9.56. The van der Waals surface area contributed by atoms with Crippen LogP contribution >= 0.6 is 0 Å². The van der Waals surface area contributed by atoms with Crippen molar-refractivity contribution in [2.75, 3.05) is 51.3 Å². The first-order valence-corrected chi connectivity index (χ1v) is 17.2. The molecule has 1 aromatic heterocycles. The molecule has 2 aliphatic rings. The van der Waals surface area contributed by atoms with Crippen molar-refractivity contribution in [2.24, 2.45) is 5.41 Å². The van der Waals surface area contributed by atoms with Gasteiger partial charge in [-0.3, -0.25) is 19.3 Å². The van der Waals surface area contributed by atoms with Gasteiger partial charge in [-0.15, -0.1) is 0 Å². The van der Waals surface area contributed by atoms with Gasteiger partial charge in [-0.1, -0.05) is 32.6 Å². The highest BCUT2D eigenvalue weighted by Crippen LogP contribution is 2.34. The van der Waals surface area contributed by atoms with E-state index >= 15 is 0 Å². The number of amides is 2. The van der Waals surface area contributed by atoms with Crippen molar-refractivity contribution in [1.29, 1.82) is 0 Å². The van der Waals surface area contributed by atoms with Crippen LogP contribution in [-0.2, 0) is 16.1 Å². The summed E-state index contributed by atoms with van der Waals surface area (Å²) in [6, 6.07) is 6.47. The molecule has 0 bridgehead atoms. The molecule has 9 nitrogen and oxygen atoms in total. The maximum atomic E-state index is 13.8. The van der Waals surface area contributed by atoms with Crippen LogP contribution in [0.3, 0.4) is 0 Å². The predicted molar refractivity (Wildman–Crippen MR) is 189 cm³/mol. The predicted octanol–water partition coefficient (Wildman–Crippen LogP) is 4.95. The van der Waals surface area contributed by atoms with Crippen LogP contribution in [0.15, 0.2) is 23.0 Å². The number of aromatic nitrogens is 1. The molecule has 0 atom stereocenters. The highest BCUT2D eigenvalue weighted by Gasteiger charge is 2.31. The number of nitrogens with zero attached hydrogens (tertiary/aromatic N) is 3. The average molecular weight is 646 g/mol. The van der Waals surface area contributed by atoms with E-state index in [1.165, 1.54) is 0 Å². The Kier molecular flexibility index (Phi) is 12.3. The van der Waals surface area contributed by atoms with Gasteiger partial charge in [-0.25, -0.2) is 0 Å². The summed E-state index contributed by atoms with van der Waals surface area (Å²) in [7, 11) is 1.96. The minimum absolute atomic E-state index is 0.0339. The molecule has 0 spiro atoms. The number of morpholine rings is 1. The number of anilines is 1. The van der Waals surface area contributed by atoms with Crippen LogP contribution in [0.2, 0.25) is 0 Å². The van der Waals surface area contributed by atoms with E-state index in [9.17, 15) is 14.4 Å². The van der Waals surface area contributed by atoms with Crippen molar-refractivity contribution in [3.63, 3.8) is 0 Å². The van der Waals surface area contributed by atoms with E-state index in [0.717, 1.165) is 86.6 Å². The third-order valence-electron chi connectivity index (χ3n) is 9.56. The molecule has 2 aromatic rings. The number of aryl methyl sites for hydroxylation is 2. The monoisotopic (exact) mass is 645 g/mol. The van der Waals surface area contributed by atoms with Gasteiger partial charge in [0, 0.05) is 79.8 Å². The van der Waals surface area contributed by atoms with Crippen LogP contribution in [-0.4, -0.2) is 85.1 Å². The first kappa shape index (κ1) is 36.2. The molecule has 0 unspecified atom stereocenters. The Hall–Kier alpha value is -3.61. The summed E-state index contributed by atoms with van der Waals surface area (Å²) in [4.78, 5) is 48.9. The van der Waals surface area contributed by atoms with Crippen LogP contribution in [0.1, 0.15) is 98.1 Å². The van der Waals surface area contributed by atoms with E-state index < -0.39 is 0 Å². The average Bonchev–Trinajstić information content (AvgIpc) is 3.01. The zero-order chi connectivity index (χ0) is 34.3. The first-order valence-electron chi connectivity index (χ1n) is 17.2. The summed E-state index contributed by atoms with van der Waals surface area (Å²) in [6.07, 6.45) is 4.38. The van der Waals surface area contributed by atoms with Crippen LogP contribution in [0.25, 0.3) is 0 Å². The standard InChI is InChI=1S/C38H55N5O4/c1-9-43(31-14-12-30(13-15-31)41(8)35(44)24-38(5,6)7)34-23-29(11-10-16-42-17-19-47-20-18-42)22-32(28(34)4)36(45)39-25-33-26(2)21-27(3)40-37(33)46/h21-23,30-31H,9,12-20,24-25H2,1-8H3,(H,39,45)(H,40,46). The second-order valence-corrected chi connectivity index (χ2v) is 14.5. The van der Waals surface area contributed by atoms with Gasteiger partial charge >= 0.3 is 0 Å². The zero-order valence-corrected chi connectivity index (χ0v) is 29.8. The summed E-state index contributed by atoms with van der Waals surface area (Å²) in [5, 5.41) is 3.02. The van der Waals surface area contributed by atoms with Gasteiger partial charge in [0.05, 0.1) is 19.8 Å². The lowest BCUT2D eigenvalue weighted by Crippen LogP contribution is -2.45. The highest BCUT2D eigenvalue weighted by molar-refractivity contribution is 5.97. The number of hydrogen-bond donors (Lipinski definition) is 2. The van der Waals surface area contributed by atoms with Gasteiger partial charge in [0.2, 0.25) is 5.91 Å². The molecule has 2 N–H and O–H groups in total. The van der Waals surface area contributed by atoms with Gasteiger partial charge < -0.3 is 24.8 Å². The SMILES string of the molecule is CCN(c1cc(C#CCN2CCOCC2)cc(C(=O)NCc2c(C)cc(C)[nH]c2=O)c1C)C1CCC(N(C)C(=O)CC(C)(C)C)CC1. The van der Waals surface area contributed by atoms with Gasteiger partial charge in [0.15, 0.2) is 0 Å². The van der Waals surface area contributed by atoms with Crippen LogP contribution in [0.4, 0.5) is 5.69 Å². The molecule has 2 amide bonds. The number of ether oxygens (including phenoxy) is 1. The van der Waals surface area contributed by atoms with Gasteiger partial charge in [0.1, 0.15) is 0 Å². The number of hydrogen-bond acceptors (Lipinski definition) is 6. The van der Waals surface area contributed by atoms with E-state index in [2.05, 4.69) is 65.7 Å². The van der Waals surface area contributed by atoms with Crippen molar-refractivity contribution in [2.45, 2.75) is 99.2 Å². The van der Waals surface area contributed by atoms with E-state index in [1.54, 1.807) is 0 Å². The lowest BCUT2D eigenvalue weighted by Gasteiger charge is -2.41. The van der Waals surface area contributed by atoms with Crippen molar-refractivity contribution in [3.05, 3.63) is 62.1 Å². The molecule has 4 rings (SSSR count). The Morgan fingerprint density at radius 2 is 1.70 bits per heavy atom. The Morgan fingerprint density at radius 3 is 2.32 bits per heavy atom. The number of carbonyl (C=O) groups excluding carboxylic acids is 2. The number of aromatic amines is 1. The number of H-pyrrole nitrogens is 1. The van der Waals surface area contributed by atoms with E-state index in [-0.39, 0.29) is 35.4 Å². The number of carbonyl (C=O) groups is 2. The van der Waals surface area contributed by atoms with Gasteiger partial charge in [0.25, 0.3) is 11.5 Å². The molecule has 1 saturated carbocycles. The highest BCUT2D eigenvalue weighted by atomic mass is 16.5. The molecular weight excluding hydrogens is 590 g/mol. The quantitative estimate of drug-likeness (QED) is 0.375. The minimum atomic E-state index is -0.223. The van der Waals surface area contributed by atoms with E-state index in [4.69, 9.17) is 4.74 Å². The molecule has 0 radical (unpaired) electrons. The summed E-state index contributed by atoms with van der Waals surface area (Å²) in [5.41, 5.74) is 5.27. The summed E-state index contributed by atoms with van der Waals surface area (Å²) in [5.74, 6) is 6.67. The molecule has 2 heterocycles. The second-order valence-electron chi connectivity index (χ2n) is 14.5. The van der Waals surface area contributed by atoms with Crippen LogP contribution < -0.4 is 15.8 Å². The number of nitrogens with one attached hydrogen (secondary N) is 2. The summed E-state index contributed by atoms with van der Waals surface area (Å²) >= 11 is 0. The fourth-order valence-electron chi connectivity index (χ4n) is 6.85. The molecule has 47 heavy (non-hydrogen) atoms. The van der Waals surface area contributed by atoms with Crippen LogP contribution in [0.5, 0.6) is 0 Å². The maximum Gasteiger partial charge on any atom is 0.253 e. The smallest absolute Gasteiger partial charge is 0.253 e. The molecule has 1 aliphatic heterocycles. The first-order chi connectivity index (χ1) is 22.3. The van der Waals surface area contributed by atoms with Crippen molar-refractivity contribution in [3.8, 4) is 11.8 Å². The van der Waals surface area contributed by atoms with Crippen LogP contribution in [0, 0.1) is 38.0 Å². The normalized spacial score (nSPS) is 18.6. The Morgan fingerprint density at radius 1 is 1.04 bits per heavy atom. The Bertz CT molecular complexity index is 1530. The number of benzene rings is 1. The lowest BCUT2D eigenvalue weighted by atomic mass is 9.87. The molecular formula is C38H55N5O4. The van der Waals surface area contributed by atoms with Crippen molar-refractivity contribution >= 4 is 17.5 Å². The lowest BCUT2D eigenvalue weighted by molar-refractivity contribution is -0.134. The molecule has 1 saturated heterocycles. The van der Waals surface area contributed by atoms with E-state index in [1.807, 2.05) is 44.9 Å². The van der Waals surface area contributed by atoms with Crippen molar-refractivity contribution < 1.29 is 14.3 Å². The second kappa shape index (κ2) is 16.0. The molecule has 2 fully saturated rings. The molecule has 9 heteroatoms. The fourth-order valence-corrected chi connectivity index (χ4v) is 6.85. The molecule has 256 valence electrons. The fraction of sp³-hybridized carbons (Fsp3) is 0.605. The maximum absolute atomic E-state index is 13.8. The minimum Gasteiger partial charge on any atom is -0.379 e. The topological polar surface area (TPSA) is 98.0 Å². The molecule has 1 aliphatic carbocycles. The van der Waals surface area contributed by atoms with Crippen molar-refractivity contribution in [1.82, 2.24) is 20.1 Å². The summed E-state index contributed by atoms with van der Waals surface area (Å²) < 4.78 is 5.48. The summed E-state index contributed by atoms with van der Waals surface area (Å²) in [6.45, 7) is 19.0. The largest absolute Gasteiger partial charge is 0.379 e. The number of pyridine rings is 1. The number of rotatable bonds is 9. The third kappa shape index (κ3) is 9.71. The van der Waals surface area contributed by atoms with E-state index in [0.29, 0.717) is 30.1 Å². The Balaban J connectivity index is 1.58.